The van der Waals surface area contributed by atoms with Crippen LogP contribution in [0, 0.1) is 0 Å². The Morgan fingerprint density at radius 3 is 2.43 bits per heavy atom. The van der Waals surface area contributed by atoms with Crippen molar-refractivity contribution in [2.45, 2.75) is 0 Å². The van der Waals surface area contributed by atoms with Crippen LogP contribution in [0.25, 0.3) is 10.8 Å². The van der Waals surface area contributed by atoms with E-state index in [9.17, 15) is 4.79 Å². The maximum atomic E-state index is 12.3. The molecule has 0 bridgehead atoms. The molecule has 0 fully saturated rings. The third-order valence-corrected chi connectivity index (χ3v) is 5.44. The number of aromatic nitrogens is 2. The van der Waals surface area contributed by atoms with Gasteiger partial charge in [0.1, 0.15) is 5.75 Å². The molecule has 0 aliphatic carbocycles. The molecular weight excluding hydrogens is 468 g/mol. The number of amides is 1. The third-order valence-electron chi connectivity index (χ3n) is 5.44. The Kier molecular flexibility index (Phi) is 8.17. The summed E-state index contributed by atoms with van der Waals surface area (Å²) in [6.45, 7) is 0.674. The van der Waals surface area contributed by atoms with Crippen LogP contribution in [0.5, 0.6) is 11.5 Å². The van der Waals surface area contributed by atoms with Gasteiger partial charge >= 0.3 is 0 Å². The molecule has 1 aromatic heterocycles. The van der Waals surface area contributed by atoms with Crippen molar-refractivity contribution in [2.24, 2.45) is 0 Å². The van der Waals surface area contributed by atoms with Gasteiger partial charge in [-0.3, -0.25) is 4.79 Å². The van der Waals surface area contributed by atoms with E-state index in [2.05, 4.69) is 38.1 Å². The molecule has 0 spiro atoms. The summed E-state index contributed by atoms with van der Waals surface area (Å²) in [5.41, 5.74) is 2.07. The SMILES string of the molecule is COc1ccc(NC(=O)/C=C/CN(C)C)cc1Nc1ncc(OC)c(Nc2ccc3ccccc3c2)n1. The highest BCUT2D eigenvalue weighted by atomic mass is 16.5. The molecule has 0 saturated carbocycles. The molecule has 9 heteroatoms. The molecule has 0 unspecified atom stereocenters. The predicted octanol–water partition coefficient (Wildman–Crippen LogP) is 5.19. The van der Waals surface area contributed by atoms with Crippen molar-refractivity contribution in [3.63, 3.8) is 0 Å². The first-order chi connectivity index (χ1) is 17.9. The number of nitrogens with one attached hydrogen (secondary N) is 3. The van der Waals surface area contributed by atoms with Crippen molar-refractivity contribution in [3.8, 4) is 11.5 Å². The fraction of sp³-hybridized carbons (Fsp3) is 0.179. The molecule has 37 heavy (non-hydrogen) atoms. The molecule has 3 N–H and O–H groups in total. The van der Waals surface area contributed by atoms with E-state index in [1.165, 1.54) is 6.08 Å². The van der Waals surface area contributed by atoms with Crippen molar-refractivity contribution >= 4 is 45.5 Å². The van der Waals surface area contributed by atoms with Gasteiger partial charge in [-0.25, -0.2) is 4.98 Å². The number of nitrogens with zero attached hydrogens (tertiary/aromatic N) is 3. The molecule has 1 heterocycles. The Balaban J connectivity index is 1.55. The summed E-state index contributed by atoms with van der Waals surface area (Å²) in [7, 11) is 7.02. The lowest BCUT2D eigenvalue weighted by Crippen LogP contribution is -2.13. The van der Waals surface area contributed by atoms with Crippen molar-refractivity contribution in [2.75, 3.05) is 50.8 Å². The average Bonchev–Trinajstić information content (AvgIpc) is 2.89. The molecule has 3 aromatic carbocycles. The number of rotatable bonds is 10. The number of ether oxygens (including phenoxy) is 2. The van der Waals surface area contributed by atoms with Crippen LogP contribution in [0.1, 0.15) is 0 Å². The van der Waals surface area contributed by atoms with Crippen LogP contribution in [-0.4, -0.2) is 55.6 Å². The Hall–Kier alpha value is -4.63. The van der Waals surface area contributed by atoms with Crippen molar-refractivity contribution in [1.29, 1.82) is 0 Å². The first-order valence-corrected chi connectivity index (χ1v) is 11.7. The highest BCUT2D eigenvalue weighted by Gasteiger charge is 2.12. The monoisotopic (exact) mass is 498 g/mol. The van der Waals surface area contributed by atoms with Crippen molar-refractivity contribution in [3.05, 3.63) is 79.0 Å². The van der Waals surface area contributed by atoms with Gasteiger partial charge in [0.15, 0.2) is 11.6 Å². The van der Waals surface area contributed by atoms with E-state index in [1.54, 1.807) is 44.7 Å². The normalized spacial score (nSPS) is 11.1. The summed E-state index contributed by atoms with van der Waals surface area (Å²) in [5.74, 6) is 1.68. The minimum atomic E-state index is -0.222. The Morgan fingerprint density at radius 2 is 1.68 bits per heavy atom. The Labute approximate surface area is 216 Å². The summed E-state index contributed by atoms with van der Waals surface area (Å²) in [5, 5.41) is 11.6. The second-order valence-electron chi connectivity index (χ2n) is 8.49. The standard InChI is InChI=1S/C28H30N6O3/c1-34(2)15-7-10-26(35)30-22-13-14-24(36-3)23(17-22)32-28-29-18-25(37-4)27(33-28)31-21-12-11-19-8-5-6-9-20(19)16-21/h5-14,16-18H,15H2,1-4H3,(H,30,35)(H2,29,31,32,33)/b10-7+. The summed E-state index contributed by atoms with van der Waals surface area (Å²) in [4.78, 5) is 23.2. The smallest absolute Gasteiger partial charge is 0.248 e. The lowest BCUT2D eigenvalue weighted by Gasteiger charge is -2.15. The number of fused-ring (bicyclic) bond motifs is 1. The fourth-order valence-corrected chi connectivity index (χ4v) is 3.63. The van der Waals surface area contributed by atoms with Gasteiger partial charge in [0.05, 0.1) is 26.1 Å². The van der Waals surface area contributed by atoms with E-state index >= 15 is 0 Å². The quantitative estimate of drug-likeness (QED) is 0.257. The van der Waals surface area contributed by atoms with Gasteiger partial charge in [-0.1, -0.05) is 36.4 Å². The Bertz CT molecular complexity index is 1420. The molecule has 0 saturated heterocycles. The number of benzene rings is 3. The molecule has 4 rings (SSSR count). The van der Waals surface area contributed by atoms with Gasteiger partial charge in [0.25, 0.3) is 0 Å². The summed E-state index contributed by atoms with van der Waals surface area (Å²) in [6.07, 6.45) is 4.90. The lowest BCUT2D eigenvalue weighted by molar-refractivity contribution is -0.111. The number of carbonyl (C=O) groups excluding carboxylic acids is 1. The minimum Gasteiger partial charge on any atom is -0.495 e. The fourth-order valence-electron chi connectivity index (χ4n) is 3.63. The van der Waals surface area contributed by atoms with E-state index in [1.807, 2.05) is 49.3 Å². The molecule has 9 nitrogen and oxygen atoms in total. The summed E-state index contributed by atoms with van der Waals surface area (Å²) >= 11 is 0. The first kappa shape index (κ1) is 25.5. The molecule has 0 radical (unpaired) electrons. The van der Waals surface area contributed by atoms with Crippen LogP contribution in [0.15, 0.2) is 79.0 Å². The van der Waals surface area contributed by atoms with Crippen molar-refractivity contribution < 1.29 is 14.3 Å². The number of anilines is 5. The van der Waals surface area contributed by atoms with Crippen LogP contribution in [0.3, 0.4) is 0 Å². The zero-order chi connectivity index (χ0) is 26.2. The largest absolute Gasteiger partial charge is 0.495 e. The summed E-state index contributed by atoms with van der Waals surface area (Å²) in [6, 6.07) is 19.5. The van der Waals surface area contributed by atoms with E-state index in [0.717, 1.165) is 16.5 Å². The van der Waals surface area contributed by atoms with Gasteiger partial charge in [0.2, 0.25) is 11.9 Å². The molecule has 0 aliphatic heterocycles. The van der Waals surface area contributed by atoms with Gasteiger partial charge in [-0.2, -0.15) is 4.98 Å². The molecule has 190 valence electrons. The van der Waals surface area contributed by atoms with E-state index < -0.39 is 0 Å². The van der Waals surface area contributed by atoms with Crippen LogP contribution in [0.4, 0.5) is 28.8 Å². The zero-order valence-corrected chi connectivity index (χ0v) is 21.3. The highest BCUT2D eigenvalue weighted by Crippen LogP contribution is 2.32. The van der Waals surface area contributed by atoms with Crippen LogP contribution in [0.2, 0.25) is 0 Å². The number of carbonyl (C=O) groups is 1. The number of methoxy groups -OCH3 is 2. The van der Waals surface area contributed by atoms with Gasteiger partial charge in [-0.15, -0.1) is 0 Å². The van der Waals surface area contributed by atoms with Crippen LogP contribution < -0.4 is 25.4 Å². The molecule has 0 atom stereocenters. The maximum absolute atomic E-state index is 12.3. The second kappa shape index (κ2) is 11.9. The number of hydrogen-bond donors (Lipinski definition) is 3. The van der Waals surface area contributed by atoms with Crippen molar-refractivity contribution in [1.82, 2.24) is 14.9 Å². The van der Waals surface area contributed by atoms with Crippen LogP contribution >= 0.6 is 0 Å². The maximum Gasteiger partial charge on any atom is 0.248 e. The molecular formula is C28H30N6O3. The minimum absolute atomic E-state index is 0.222. The second-order valence-corrected chi connectivity index (χ2v) is 8.49. The van der Waals surface area contributed by atoms with Crippen LogP contribution in [-0.2, 0) is 4.79 Å². The summed E-state index contributed by atoms with van der Waals surface area (Å²) < 4.78 is 11.0. The zero-order valence-electron chi connectivity index (χ0n) is 21.3. The first-order valence-electron chi connectivity index (χ1n) is 11.7. The topological polar surface area (TPSA) is 101 Å². The molecule has 0 aliphatic rings. The average molecular weight is 499 g/mol. The number of hydrogen-bond acceptors (Lipinski definition) is 8. The third kappa shape index (κ3) is 6.74. The number of likely N-dealkylation sites (N-methyl/N-ethyl adjacent to an activating group) is 1. The lowest BCUT2D eigenvalue weighted by atomic mass is 10.1. The Morgan fingerprint density at radius 1 is 0.919 bits per heavy atom. The van der Waals surface area contributed by atoms with E-state index in [4.69, 9.17) is 9.47 Å². The van der Waals surface area contributed by atoms with E-state index in [-0.39, 0.29) is 5.91 Å². The predicted molar refractivity (Wildman–Crippen MR) is 148 cm³/mol. The van der Waals surface area contributed by atoms with Gasteiger partial charge in [0, 0.05) is 24.0 Å². The molecule has 1 amide bonds. The highest BCUT2D eigenvalue weighted by molar-refractivity contribution is 5.99. The van der Waals surface area contributed by atoms with Gasteiger partial charge in [-0.05, 0) is 55.2 Å². The van der Waals surface area contributed by atoms with Gasteiger partial charge < -0.3 is 30.3 Å². The molecule has 4 aromatic rings. The van der Waals surface area contributed by atoms with E-state index in [0.29, 0.717) is 41.2 Å².